The Morgan fingerprint density at radius 2 is 2.09 bits per heavy atom. The molecular formula is C18H23NO4. The van der Waals surface area contributed by atoms with E-state index in [4.69, 9.17) is 4.74 Å². The minimum absolute atomic E-state index is 0.229. The molecule has 1 aliphatic carbocycles. The van der Waals surface area contributed by atoms with Gasteiger partial charge in [-0.05, 0) is 37.3 Å². The van der Waals surface area contributed by atoms with Crippen molar-refractivity contribution in [2.45, 2.75) is 50.7 Å². The molecule has 0 bridgehead atoms. The molecule has 1 heterocycles. The average Bonchev–Trinajstić information content (AvgIpc) is 2.54. The predicted octanol–water partition coefficient (Wildman–Crippen LogP) is 2.45. The first kappa shape index (κ1) is 16.0. The number of hydrogen-bond donors (Lipinski definition) is 2. The van der Waals surface area contributed by atoms with Crippen LogP contribution in [0.1, 0.15) is 49.8 Å². The smallest absolute Gasteiger partial charge is 0.308 e. The molecule has 1 saturated carbocycles. The van der Waals surface area contributed by atoms with Crippen LogP contribution in [-0.4, -0.2) is 29.1 Å². The van der Waals surface area contributed by atoms with E-state index in [0.29, 0.717) is 19.4 Å². The highest BCUT2D eigenvalue weighted by atomic mass is 16.5. The molecule has 3 unspecified atom stereocenters. The number of nitrogens with one attached hydrogen (secondary N) is 1. The van der Waals surface area contributed by atoms with Gasteiger partial charge in [-0.15, -0.1) is 0 Å². The van der Waals surface area contributed by atoms with E-state index < -0.39 is 23.5 Å². The number of benzene rings is 1. The molecule has 0 aromatic heterocycles. The molecule has 1 fully saturated rings. The Bertz CT molecular complexity index is 615. The van der Waals surface area contributed by atoms with E-state index in [1.54, 1.807) is 0 Å². The highest BCUT2D eigenvalue weighted by Crippen LogP contribution is 2.35. The van der Waals surface area contributed by atoms with Gasteiger partial charge in [0.1, 0.15) is 0 Å². The molecule has 5 heteroatoms. The van der Waals surface area contributed by atoms with E-state index in [-0.39, 0.29) is 5.91 Å². The number of carboxylic acids is 1. The summed E-state index contributed by atoms with van der Waals surface area (Å²) in [7, 11) is 0. The van der Waals surface area contributed by atoms with Crippen molar-refractivity contribution in [1.29, 1.82) is 0 Å². The van der Waals surface area contributed by atoms with Crippen molar-refractivity contribution in [2.24, 2.45) is 5.92 Å². The molecule has 0 saturated heterocycles. The Morgan fingerprint density at radius 1 is 1.30 bits per heavy atom. The summed E-state index contributed by atoms with van der Waals surface area (Å²) < 4.78 is 5.69. The lowest BCUT2D eigenvalue weighted by Gasteiger charge is -2.41. The van der Waals surface area contributed by atoms with E-state index in [1.807, 2.05) is 31.2 Å². The summed E-state index contributed by atoms with van der Waals surface area (Å²) in [5, 5.41) is 12.5. The Hall–Kier alpha value is -1.88. The number of hydrogen-bond acceptors (Lipinski definition) is 3. The second-order valence-corrected chi connectivity index (χ2v) is 6.74. The van der Waals surface area contributed by atoms with Gasteiger partial charge in [0.15, 0.2) is 6.10 Å². The van der Waals surface area contributed by atoms with Gasteiger partial charge >= 0.3 is 5.97 Å². The standard InChI is InChI=1S/C18H23NO4/c1-18(10-5-4-8-14(18)17(21)22)19-16(20)15-13-7-3-2-6-12(13)9-11-23-15/h2-3,6-7,14-15H,4-5,8-11H2,1H3,(H,19,20)(H,21,22). The second kappa shape index (κ2) is 6.32. The summed E-state index contributed by atoms with van der Waals surface area (Å²) in [5.41, 5.74) is 1.31. The SMILES string of the molecule is CC1(NC(=O)C2OCCc3ccccc32)CCCCC1C(=O)O. The summed E-state index contributed by atoms with van der Waals surface area (Å²) >= 11 is 0. The number of amides is 1. The number of carboxylic acid groups (broad SMARTS) is 1. The molecule has 1 amide bonds. The second-order valence-electron chi connectivity index (χ2n) is 6.74. The monoisotopic (exact) mass is 317 g/mol. The van der Waals surface area contributed by atoms with Crippen LogP contribution in [0.15, 0.2) is 24.3 Å². The van der Waals surface area contributed by atoms with Crippen molar-refractivity contribution in [3.05, 3.63) is 35.4 Å². The van der Waals surface area contributed by atoms with Gasteiger partial charge in [0.2, 0.25) is 0 Å². The normalized spacial score (nSPS) is 30.3. The largest absolute Gasteiger partial charge is 0.481 e. The van der Waals surface area contributed by atoms with Crippen LogP contribution in [0, 0.1) is 5.92 Å². The van der Waals surface area contributed by atoms with Crippen LogP contribution in [0.3, 0.4) is 0 Å². The number of aliphatic carboxylic acids is 1. The van der Waals surface area contributed by atoms with Gasteiger partial charge in [-0.3, -0.25) is 9.59 Å². The Balaban J connectivity index is 1.80. The Morgan fingerprint density at radius 3 is 2.87 bits per heavy atom. The van der Waals surface area contributed by atoms with Crippen molar-refractivity contribution < 1.29 is 19.4 Å². The van der Waals surface area contributed by atoms with Crippen molar-refractivity contribution in [3.63, 3.8) is 0 Å². The van der Waals surface area contributed by atoms with Crippen LogP contribution in [0.25, 0.3) is 0 Å². The summed E-state index contributed by atoms with van der Waals surface area (Å²) in [6.45, 7) is 2.35. The summed E-state index contributed by atoms with van der Waals surface area (Å²) in [5.74, 6) is -1.61. The van der Waals surface area contributed by atoms with Crippen LogP contribution in [0.2, 0.25) is 0 Å². The molecule has 2 aliphatic rings. The number of carbonyl (C=O) groups is 2. The van der Waals surface area contributed by atoms with Gasteiger partial charge in [0, 0.05) is 0 Å². The maximum atomic E-state index is 12.8. The third kappa shape index (κ3) is 3.11. The fourth-order valence-corrected chi connectivity index (χ4v) is 3.84. The molecule has 1 aromatic carbocycles. The highest BCUT2D eigenvalue weighted by molar-refractivity contribution is 5.84. The zero-order chi connectivity index (χ0) is 16.4. The fraction of sp³-hybridized carbons (Fsp3) is 0.556. The van der Waals surface area contributed by atoms with Crippen LogP contribution >= 0.6 is 0 Å². The van der Waals surface area contributed by atoms with Gasteiger partial charge in [-0.2, -0.15) is 0 Å². The molecule has 1 aromatic rings. The highest BCUT2D eigenvalue weighted by Gasteiger charge is 2.43. The lowest BCUT2D eigenvalue weighted by Crippen LogP contribution is -2.56. The van der Waals surface area contributed by atoms with E-state index in [1.165, 1.54) is 0 Å². The molecule has 124 valence electrons. The number of fused-ring (bicyclic) bond motifs is 1. The summed E-state index contributed by atoms with van der Waals surface area (Å²) in [6, 6.07) is 7.79. The lowest BCUT2D eigenvalue weighted by atomic mass is 9.73. The molecule has 1 aliphatic heterocycles. The van der Waals surface area contributed by atoms with E-state index >= 15 is 0 Å². The van der Waals surface area contributed by atoms with E-state index in [0.717, 1.165) is 30.4 Å². The third-order valence-corrected chi connectivity index (χ3v) is 5.15. The van der Waals surface area contributed by atoms with Gasteiger partial charge in [0.25, 0.3) is 5.91 Å². The summed E-state index contributed by atoms with van der Waals surface area (Å²) in [6.07, 6.45) is 3.27. The minimum atomic E-state index is -0.836. The average molecular weight is 317 g/mol. The van der Waals surface area contributed by atoms with Crippen LogP contribution in [-0.2, 0) is 20.7 Å². The van der Waals surface area contributed by atoms with Gasteiger partial charge < -0.3 is 15.2 Å². The van der Waals surface area contributed by atoms with E-state index in [9.17, 15) is 14.7 Å². The number of ether oxygens (including phenoxy) is 1. The minimum Gasteiger partial charge on any atom is -0.481 e. The number of carbonyl (C=O) groups excluding carboxylic acids is 1. The zero-order valence-corrected chi connectivity index (χ0v) is 13.4. The third-order valence-electron chi connectivity index (χ3n) is 5.15. The van der Waals surface area contributed by atoms with Crippen molar-refractivity contribution in [2.75, 3.05) is 6.61 Å². The van der Waals surface area contributed by atoms with Crippen LogP contribution in [0.4, 0.5) is 0 Å². The fourth-order valence-electron chi connectivity index (χ4n) is 3.84. The maximum absolute atomic E-state index is 12.8. The quantitative estimate of drug-likeness (QED) is 0.898. The molecule has 3 atom stereocenters. The molecule has 0 spiro atoms. The first-order chi connectivity index (χ1) is 11.0. The predicted molar refractivity (Wildman–Crippen MR) is 85.0 cm³/mol. The topological polar surface area (TPSA) is 75.6 Å². The van der Waals surface area contributed by atoms with Crippen molar-refractivity contribution >= 4 is 11.9 Å². The Kier molecular flexibility index (Phi) is 4.39. The first-order valence-electron chi connectivity index (χ1n) is 8.25. The molecule has 5 nitrogen and oxygen atoms in total. The van der Waals surface area contributed by atoms with E-state index in [2.05, 4.69) is 5.32 Å². The van der Waals surface area contributed by atoms with Gasteiger partial charge in [-0.1, -0.05) is 37.1 Å². The van der Waals surface area contributed by atoms with Gasteiger partial charge in [-0.25, -0.2) is 0 Å². The number of rotatable bonds is 3. The molecule has 0 radical (unpaired) electrons. The van der Waals surface area contributed by atoms with Crippen molar-refractivity contribution in [3.8, 4) is 0 Å². The van der Waals surface area contributed by atoms with Crippen LogP contribution in [0.5, 0.6) is 0 Å². The van der Waals surface area contributed by atoms with Crippen LogP contribution < -0.4 is 5.32 Å². The zero-order valence-electron chi connectivity index (χ0n) is 13.4. The summed E-state index contributed by atoms with van der Waals surface area (Å²) in [4.78, 5) is 24.3. The molecule has 3 rings (SSSR count). The van der Waals surface area contributed by atoms with Gasteiger partial charge in [0.05, 0.1) is 18.1 Å². The van der Waals surface area contributed by atoms with Crippen molar-refractivity contribution in [1.82, 2.24) is 5.32 Å². The maximum Gasteiger partial charge on any atom is 0.308 e. The lowest BCUT2D eigenvalue weighted by molar-refractivity contribution is -0.148. The molecular weight excluding hydrogens is 294 g/mol. The molecule has 23 heavy (non-hydrogen) atoms. The Labute approximate surface area is 136 Å². The first-order valence-corrected chi connectivity index (χ1v) is 8.25. The molecule has 2 N–H and O–H groups in total.